The predicted octanol–water partition coefficient (Wildman–Crippen LogP) is 4.45. The van der Waals surface area contributed by atoms with Crippen molar-refractivity contribution in [3.8, 4) is 11.1 Å². The molecule has 5 rings (SSSR count). The first-order valence-electron chi connectivity index (χ1n) is 11.2. The van der Waals surface area contributed by atoms with Crippen LogP contribution in [0.3, 0.4) is 0 Å². The molecule has 0 bridgehead atoms. The first-order valence-corrected chi connectivity index (χ1v) is 11.6. The largest absolute Gasteiger partial charge is 0.368 e. The van der Waals surface area contributed by atoms with Gasteiger partial charge in [0.15, 0.2) is 0 Å². The van der Waals surface area contributed by atoms with Crippen molar-refractivity contribution in [1.29, 1.82) is 0 Å². The molecule has 8 heteroatoms. The number of aromatic nitrogens is 2. The Hall–Kier alpha value is -3.16. The minimum absolute atomic E-state index is 0.129. The van der Waals surface area contributed by atoms with Gasteiger partial charge in [-0.2, -0.15) is 0 Å². The van der Waals surface area contributed by atoms with E-state index in [4.69, 9.17) is 11.6 Å². The summed E-state index contributed by atoms with van der Waals surface area (Å²) in [7, 11) is 2.13. The molecule has 1 fully saturated rings. The number of anilines is 3. The average Bonchev–Trinajstić information content (AvgIpc) is 3.22. The fourth-order valence-corrected chi connectivity index (χ4v) is 4.90. The summed E-state index contributed by atoms with van der Waals surface area (Å²) in [6.07, 6.45) is 5.90. The van der Waals surface area contributed by atoms with Crippen molar-refractivity contribution in [1.82, 2.24) is 14.9 Å². The van der Waals surface area contributed by atoms with Crippen molar-refractivity contribution >= 4 is 34.7 Å². The Morgan fingerprint density at radius 1 is 1.00 bits per heavy atom. The Kier molecular flexibility index (Phi) is 5.91. The van der Waals surface area contributed by atoms with E-state index in [1.807, 2.05) is 36.1 Å². The molecule has 0 spiro atoms. The van der Waals surface area contributed by atoms with Crippen molar-refractivity contribution in [2.45, 2.75) is 13.3 Å². The molecule has 3 aromatic rings. The number of hydrogen-bond acceptors (Lipinski definition) is 5. The van der Waals surface area contributed by atoms with Gasteiger partial charge in [-0.25, -0.2) is 14.8 Å². The minimum Gasteiger partial charge on any atom is -0.368 e. The summed E-state index contributed by atoms with van der Waals surface area (Å²) in [5.41, 5.74) is 6.88. The fourth-order valence-electron chi connectivity index (χ4n) is 4.59. The molecular formula is C25H27ClN6O. The second-order valence-corrected chi connectivity index (χ2v) is 9.12. The van der Waals surface area contributed by atoms with Gasteiger partial charge in [0.1, 0.15) is 6.33 Å². The van der Waals surface area contributed by atoms with Gasteiger partial charge in [-0.05, 0) is 61.3 Å². The molecule has 2 aliphatic rings. The maximum absolute atomic E-state index is 13.2. The van der Waals surface area contributed by atoms with Crippen LogP contribution in [0.5, 0.6) is 0 Å². The maximum atomic E-state index is 13.2. The standard InChI is InChI=1S/C25H27ClN6O/c1-17-11-20(3-4-21(17)19-14-27-16-28-15-19)29-25(33)32-6-5-18-12-22(26)24(13-23(18)32)31-9-7-30(2)8-10-31/h3-4,11-16H,5-10H2,1-2H3,(H,29,33). The highest BCUT2D eigenvalue weighted by atomic mass is 35.5. The molecule has 170 valence electrons. The zero-order chi connectivity index (χ0) is 22.9. The number of rotatable bonds is 3. The van der Waals surface area contributed by atoms with Crippen LogP contribution in [-0.4, -0.2) is 60.7 Å². The lowest BCUT2D eigenvalue weighted by molar-refractivity contribution is 0.257. The van der Waals surface area contributed by atoms with Gasteiger partial charge < -0.3 is 15.1 Å². The van der Waals surface area contributed by atoms with Crippen LogP contribution in [0.1, 0.15) is 11.1 Å². The first kappa shape index (κ1) is 21.7. The molecule has 33 heavy (non-hydrogen) atoms. The highest BCUT2D eigenvalue weighted by molar-refractivity contribution is 6.33. The molecule has 7 nitrogen and oxygen atoms in total. The Balaban J connectivity index is 1.35. The lowest BCUT2D eigenvalue weighted by atomic mass is 10.0. The second kappa shape index (κ2) is 9.00. The average molecular weight is 463 g/mol. The maximum Gasteiger partial charge on any atom is 0.326 e. The topological polar surface area (TPSA) is 64.6 Å². The van der Waals surface area contributed by atoms with E-state index in [0.717, 1.165) is 76.9 Å². The summed E-state index contributed by atoms with van der Waals surface area (Å²) in [6, 6.07) is 9.87. The Morgan fingerprint density at radius 2 is 1.76 bits per heavy atom. The molecule has 2 aliphatic heterocycles. The number of carbonyl (C=O) groups is 1. The van der Waals surface area contributed by atoms with Crippen LogP contribution in [0.15, 0.2) is 49.1 Å². The Labute approximate surface area is 199 Å². The van der Waals surface area contributed by atoms with Crippen LogP contribution in [0.4, 0.5) is 21.9 Å². The number of nitrogens with zero attached hydrogens (tertiary/aromatic N) is 5. The van der Waals surface area contributed by atoms with E-state index in [0.29, 0.717) is 6.54 Å². The molecule has 0 saturated carbocycles. The van der Waals surface area contributed by atoms with E-state index < -0.39 is 0 Å². The van der Waals surface area contributed by atoms with Gasteiger partial charge in [0.05, 0.1) is 16.4 Å². The van der Waals surface area contributed by atoms with Crippen molar-refractivity contribution in [3.05, 3.63) is 65.2 Å². The van der Waals surface area contributed by atoms with E-state index in [-0.39, 0.29) is 6.03 Å². The van der Waals surface area contributed by atoms with Crippen LogP contribution in [0.25, 0.3) is 11.1 Å². The van der Waals surface area contributed by atoms with Crippen molar-refractivity contribution in [3.63, 3.8) is 0 Å². The number of fused-ring (bicyclic) bond motifs is 1. The lowest BCUT2D eigenvalue weighted by Crippen LogP contribution is -2.44. The van der Waals surface area contributed by atoms with Crippen molar-refractivity contribution in [2.75, 3.05) is 54.9 Å². The number of halogens is 1. The Morgan fingerprint density at radius 3 is 2.48 bits per heavy atom. The summed E-state index contributed by atoms with van der Waals surface area (Å²) < 4.78 is 0. The van der Waals surface area contributed by atoms with Crippen molar-refractivity contribution in [2.24, 2.45) is 0 Å². The van der Waals surface area contributed by atoms with Crippen LogP contribution in [0, 0.1) is 6.92 Å². The first-order chi connectivity index (χ1) is 16.0. The zero-order valence-corrected chi connectivity index (χ0v) is 19.6. The second-order valence-electron chi connectivity index (χ2n) is 8.71. The quantitative estimate of drug-likeness (QED) is 0.623. The van der Waals surface area contributed by atoms with Crippen LogP contribution >= 0.6 is 11.6 Å². The van der Waals surface area contributed by atoms with Gasteiger partial charge in [0.25, 0.3) is 0 Å². The van der Waals surface area contributed by atoms with E-state index in [2.05, 4.69) is 38.2 Å². The molecule has 0 atom stereocenters. The molecule has 1 saturated heterocycles. The molecular weight excluding hydrogens is 436 g/mol. The van der Waals surface area contributed by atoms with E-state index in [1.165, 1.54) is 6.33 Å². The van der Waals surface area contributed by atoms with Crippen LogP contribution in [-0.2, 0) is 6.42 Å². The summed E-state index contributed by atoms with van der Waals surface area (Å²) in [5, 5.41) is 3.83. The fraction of sp³-hybridized carbons (Fsp3) is 0.320. The summed E-state index contributed by atoms with van der Waals surface area (Å²) in [4.78, 5) is 27.8. The number of piperazine rings is 1. The molecule has 0 aliphatic carbocycles. The summed E-state index contributed by atoms with van der Waals surface area (Å²) >= 11 is 6.63. The minimum atomic E-state index is -0.129. The number of nitrogens with one attached hydrogen (secondary N) is 1. The number of amides is 2. The lowest BCUT2D eigenvalue weighted by Gasteiger charge is -2.35. The number of carbonyl (C=O) groups excluding carboxylic acids is 1. The predicted molar refractivity (Wildman–Crippen MR) is 133 cm³/mol. The molecule has 0 unspecified atom stereocenters. The highest BCUT2D eigenvalue weighted by Gasteiger charge is 2.28. The van der Waals surface area contributed by atoms with Crippen LogP contribution < -0.4 is 15.1 Å². The molecule has 1 aromatic heterocycles. The number of urea groups is 1. The number of hydrogen-bond donors (Lipinski definition) is 1. The third-order valence-electron chi connectivity index (χ3n) is 6.48. The monoisotopic (exact) mass is 462 g/mol. The van der Waals surface area contributed by atoms with Crippen LogP contribution in [0.2, 0.25) is 5.02 Å². The van der Waals surface area contributed by atoms with Gasteiger partial charge in [-0.1, -0.05) is 17.7 Å². The van der Waals surface area contributed by atoms with Gasteiger partial charge in [-0.3, -0.25) is 4.90 Å². The van der Waals surface area contributed by atoms with Gasteiger partial charge in [-0.15, -0.1) is 0 Å². The zero-order valence-electron chi connectivity index (χ0n) is 18.9. The van der Waals surface area contributed by atoms with Gasteiger partial charge in [0.2, 0.25) is 0 Å². The number of benzene rings is 2. The van der Waals surface area contributed by atoms with Gasteiger partial charge >= 0.3 is 6.03 Å². The third kappa shape index (κ3) is 4.38. The smallest absolute Gasteiger partial charge is 0.326 e. The SMILES string of the molecule is Cc1cc(NC(=O)N2CCc3cc(Cl)c(N4CCN(C)CC4)cc32)ccc1-c1cncnc1. The molecule has 2 aromatic carbocycles. The molecule has 1 N–H and O–H groups in total. The molecule has 3 heterocycles. The number of aryl methyl sites for hydroxylation is 1. The van der Waals surface area contributed by atoms with Crippen molar-refractivity contribution < 1.29 is 4.79 Å². The summed E-state index contributed by atoms with van der Waals surface area (Å²) in [6.45, 7) is 6.53. The molecule has 0 radical (unpaired) electrons. The third-order valence-corrected chi connectivity index (χ3v) is 6.78. The van der Waals surface area contributed by atoms with Gasteiger partial charge in [0, 0.05) is 56.4 Å². The number of likely N-dealkylation sites (N-methyl/N-ethyl adjacent to an activating group) is 1. The summed E-state index contributed by atoms with van der Waals surface area (Å²) in [5.74, 6) is 0. The van der Waals surface area contributed by atoms with E-state index in [1.54, 1.807) is 12.4 Å². The van der Waals surface area contributed by atoms with E-state index in [9.17, 15) is 4.79 Å². The Bertz CT molecular complexity index is 1180. The highest BCUT2D eigenvalue weighted by Crippen LogP contribution is 2.38. The molecule has 2 amide bonds. The van der Waals surface area contributed by atoms with E-state index >= 15 is 0 Å². The normalized spacial score (nSPS) is 16.1.